The molecule has 0 aliphatic heterocycles. The zero-order valence-corrected chi connectivity index (χ0v) is 7.83. The van der Waals surface area contributed by atoms with Crippen LogP contribution in [0.5, 0.6) is 0 Å². The topological polar surface area (TPSA) is 0 Å². The fourth-order valence-corrected chi connectivity index (χ4v) is 1.55. The van der Waals surface area contributed by atoms with Crippen molar-refractivity contribution in [3.8, 4) is 0 Å². The minimum absolute atomic E-state index is 0.179. The third-order valence-corrected chi connectivity index (χ3v) is 2.51. The van der Waals surface area contributed by atoms with Gasteiger partial charge in [-0.15, -0.1) is 11.8 Å². The first-order chi connectivity index (χ1) is 5.68. The van der Waals surface area contributed by atoms with E-state index >= 15 is 0 Å². The predicted octanol–water partition coefficient (Wildman–Crippen LogP) is 3.49. The summed E-state index contributed by atoms with van der Waals surface area (Å²) in [5.41, 5.74) is 1.10. The number of hydrogen-bond acceptors (Lipinski definition) is 1. The molecule has 64 valence electrons. The van der Waals surface area contributed by atoms with E-state index in [1.807, 2.05) is 13.0 Å². The molecule has 2 heteroatoms. The maximum absolute atomic E-state index is 12.7. The average Bonchev–Trinajstić information content (AvgIpc) is 2.01. The van der Waals surface area contributed by atoms with Crippen molar-refractivity contribution in [2.45, 2.75) is 11.8 Å². The summed E-state index contributed by atoms with van der Waals surface area (Å²) in [7, 11) is 0. The van der Waals surface area contributed by atoms with E-state index in [2.05, 4.69) is 6.58 Å². The summed E-state index contributed by atoms with van der Waals surface area (Å²) < 4.78 is 12.7. The van der Waals surface area contributed by atoms with Crippen LogP contribution in [0.4, 0.5) is 4.39 Å². The molecule has 12 heavy (non-hydrogen) atoms. The van der Waals surface area contributed by atoms with Gasteiger partial charge in [0.05, 0.1) is 0 Å². The predicted molar refractivity (Wildman–Crippen MR) is 51.9 cm³/mol. The number of hydrogen-bond donors (Lipinski definition) is 0. The number of halogens is 1. The molecule has 0 unspecified atom stereocenters. The first-order valence-electron chi connectivity index (χ1n) is 3.71. The minimum Gasteiger partial charge on any atom is -0.207 e. The van der Waals surface area contributed by atoms with Crippen LogP contribution in [-0.4, -0.2) is 5.75 Å². The van der Waals surface area contributed by atoms with Crippen LogP contribution in [0.3, 0.4) is 0 Å². The van der Waals surface area contributed by atoms with Crippen molar-refractivity contribution in [3.63, 3.8) is 0 Å². The molecule has 1 aromatic rings. The molecule has 0 aliphatic carbocycles. The van der Waals surface area contributed by atoms with Gasteiger partial charge in [0.25, 0.3) is 0 Å². The molecule has 1 rings (SSSR count). The Morgan fingerprint density at radius 3 is 2.92 bits per heavy atom. The largest absolute Gasteiger partial charge is 0.207 e. The van der Waals surface area contributed by atoms with Gasteiger partial charge >= 0.3 is 0 Å². The van der Waals surface area contributed by atoms with Crippen molar-refractivity contribution < 1.29 is 4.39 Å². The lowest BCUT2D eigenvalue weighted by Gasteiger charge is -1.99. The summed E-state index contributed by atoms with van der Waals surface area (Å²) in [5, 5.41) is 0. The Kier molecular flexibility index (Phi) is 3.35. The van der Waals surface area contributed by atoms with Crippen molar-refractivity contribution >= 4 is 11.8 Å². The molecule has 0 saturated carbocycles. The lowest BCUT2D eigenvalue weighted by atomic mass is 10.3. The van der Waals surface area contributed by atoms with Crippen molar-refractivity contribution in [2.75, 3.05) is 5.75 Å². The van der Waals surface area contributed by atoms with Crippen LogP contribution in [-0.2, 0) is 0 Å². The standard InChI is InChI=1S/C10H11FS/c1-8(2)7-12-10-5-3-4-9(11)6-10/h3-6H,1,7H2,2H3. The molecule has 0 aliphatic rings. The smallest absolute Gasteiger partial charge is 0.124 e. The van der Waals surface area contributed by atoms with E-state index in [1.54, 1.807) is 17.8 Å². The van der Waals surface area contributed by atoms with E-state index < -0.39 is 0 Å². The van der Waals surface area contributed by atoms with Gasteiger partial charge in [-0.2, -0.15) is 0 Å². The van der Waals surface area contributed by atoms with Crippen molar-refractivity contribution in [1.29, 1.82) is 0 Å². The van der Waals surface area contributed by atoms with Crippen molar-refractivity contribution in [1.82, 2.24) is 0 Å². The number of thioether (sulfide) groups is 1. The van der Waals surface area contributed by atoms with E-state index in [0.29, 0.717) is 0 Å². The van der Waals surface area contributed by atoms with Gasteiger partial charge in [0.2, 0.25) is 0 Å². The summed E-state index contributed by atoms with van der Waals surface area (Å²) in [4.78, 5) is 0.956. The summed E-state index contributed by atoms with van der Waals surface area (Å²) in [6.45, 7) is 5.74. The van der Waals surface area contributed by atoms with Crippen LogP contribution in [0.1, 0.15) is 6.92 Å². The van der Waals surface area contributed by atoms with Crippen molar-refractivity contribution in [3.05, 3.63) is 42.2 Å². The second-order valence-electron chi connectivity index (χ2n) is 2.70. The maximum atomic E-state index is 12.7. The van der Waals surface area contributed by atoms with Crippen molar-refractivity contribution in [2.24, 2.45) is 0 Å². The van der Waals surface area contributed by atoms with Crippen LogP contribution in [0, 0.1) is 5.82 Å². The molecular formula is C10H11FS. The second kappa shape index (κ2) is 4.31. The molecule has 1 aromatic carbocycles. The van der Waals surface area contributed by atoms with Gasteiger partial charge in [-0.1, -0.05) is 18.2 Å². The highest BCUT2D eigenvalue weighted by Gasteiger charge is 1.95. The molecule has 0 saturated heterocycles. The monoisotopic (exact) mass is 182 g/mol. The zero-order valence-electron chi connectivity index (χ0n) is 7.01. The summed E-state index contributed by atoms with van der Waals surface area (Å²) in [6.07, 6.45) is 0. The normalized spacial score (nSPS) is 9.83. The molecule has 0 amide bonds. The highest BCUT2D eigenvalue weighted by Crippen LogP contribution is 2.20. The lowest BCUT2D eigenvalue weighted by molar-refractivity contribution is 0.624. The van der Waals surface area contributed by atoms with Gasteiger partial charge in [-0.3, -0.25) is 0 Å². The molecule has 0 aromatic heterocycles. The number of benzene rings is 1. The van der Waals surface area contributed by atoms with E-state index in [0.717, 1.165) is 16.2 Å². The average molecular weight is 182 g/mol. The third-order valence-electron chi connectivity index (χ3n) is 1.28. The first-order valence-corrected chi connectivity index (χ1v) is 4.70. The number of rotatable bonds is 3. The van der Waals surface area contributed by atoms with E-state index in [9.17, 15) is 4.39 Å². The van der Waals surface area contributed by atoms with E-state index in [-0.39, 0.29) is 5.82 Å². The molecule has 0 bridgehead atoms. The first kappa shape index (κ1) is 9.33. The molecule has 0 atom stereocenters. The fourth-order valence-electron chi connectivity index (χ4n) is 0.763. The molecule has 0 spiro atoms. The van der Waals surface area contributed by atoms with E-state index in [1.165, 1.54) is 12.1 Å². The Hall–Kier alpha value is -0.760. The quantitative estimate of drug-likeness (QED) is 0.509. The highest BCUT2D eigenvalue weighted by atomic mass is 32.2. The Labute approximate surface area is 76.5 Å². The van der Waals surface area contributed by atoms with Gasteiger partial charge in [0.1, 0.15) is 5.82 Å². The molecule has 0 nitrogen and oxygen atoms in total. The molecule has 0 fully saturated rings. The van der Waals surface area contributed by atoms with Gasteiger partial charge in [-0.05, 0) is 25.1 Å². The minimum atomic E-state index is -0.179. The molecule has 0 N–H and O–H groups in total. The SMILES string of the molecule is C=C(C)CSc1cccc(F)c1. The van der Waals surface area contributed by atoms with Gasteiger partial charge < -0.3 is 0 Å². The fraction of sp³-hybridized carbons (Fsp3) is 0.200. The summed E-state index contributed by atoms with van der Waals surface area (Å²) >= 11 is 1.60. The van der Waals surface area contributed by atoms with Crippen LogP contribution < -0.4 is 0 Å². The molecule has 0 radical (unpaired) electrons. The van der Waals surface area contributed by atoms with Gasteiger partial charge in [0.15, 0.2) is 0 Å². The lowest BCUT2D eigenvalue weighted by Crippen LogP contribution is -1.80. The molecule has 0 heterocycles. The Bertz CT molecular complexity index is 281. The Morgan fingerprint density at radius 2 is 2.33 bits per heavy atom. The maximum Gasteiger partial charge on any atom is 0.124 e. The van der Waals surface area contributed by atoms with Gasteiger partial charge in [0, 0.05) is 10.6 Å². The molecular weight excluding hydrogens is 171 g/mol. The zero-order chi connectivity index (χ0) is 8.97. The van der Waals surface area contributed by atoms with Crippen LogP contribution in [0.25, 0.3) is 0 Å². The second-order valence-corrected chi connectivity index (χ2v) is 3.75. The van der Waals surface area contributed by atoms with Crippen LogP contribution in [0.2, 0.25) is 0 Å². The Morgan fingerprint density at radius 1 is 1.58 bits per heavy atom. The van der Waals surface area contributed by atoms with E-state index in [4.69, 9.17) is 0 Å². The Balaban J connectivity index is 2.57. The van der Waals surface area contributed by atoms with Crippen LogP contribution in [0.15, 0.2) is 41.3 Å². The van der Waals surface area contributed by atoms with Crippen LogP contribution >= 0.6 is 11.8 Å². The third kappa shape index (κ3) is 3.09. The highest BCUT2D eigenvalue weighted by molar-refractivity contribution is 7.99. The summed E-state index contributed by atoms with van der Waals surface area (Å²) in [6, 6.07) is 6.60. The van der Waals surface area contributed by atoms with Gasteiger partial charge in [-0.25, -0.2) is 4.39 Å². The summed E-state index contributed by atoms with van der Waals surface area (Å²) in [5.74, 6) is 0.672.